The number of amides is 1. The van der Waals surface area contributed by atoms with Gasteiger partial charge in [-0.05, 0) is 6.42 Å². The maximum atomic E-state index is 13.2. The van der Waals surface area contributed by atoms with E-state index >= 15 is 0 Å². The van der Waals surface area contributed by atoms with E-state index in [2.05, 4.69) is 0 Å². The van der Waals surface area contributed by atoms with Crippen molar-refractivity contribution in [2.45, 2.75) is 18.8 Å². The molecule has 0 spiro atoms. The van der Waals surface area contributed by atoms with E-state index in [-0.39, 0.29) is 6.42 Å². The number of carboxylic acid groups (broad SMARTS) is 1. The molecule has 0 aromatic heterocycles. The Morgan fingerprint density at radius 1 is 1.31 bits per heavy atom. The number of alkyl halides is 4. The Morgan fingerprint density at radius 2 is 1.88 bits per heavy atom. The number of carbonyl (C=O) groups is 2. The highest BCUT2D eigenvalue weighted by atomic mass is 19.4. The smallest absolute Gasteiger partial charge is 0.471 e. The van der Waals surface area contributed by atoms with Crippen LogP contribution >= 0.6 is 0 Å². The van der Waals surface area contributed by atoms with Gasteiger partial charge in [-0.3, -0.25) is 9.59 Å². The Balaban J connectivity index is 2.65. The van der Waals surface area contributed by atoms with Crippen LogP contribution in [0.15, 0.2) is 0 Å². The van der Waals surface area contributed by atoms with Crippen molar-refractivity contribution in [2.24, 2.45) is 5.92 Å². The Hall–Kier alpha value is -1.34. The maximum Gasteiger partial charge on any atom is 0.471 e. The number of aliphatic carboxylic acids is 1. The molecule has 1 saturated heterocycles. The van der Waals surface area contributed by atoms with Gasteiger partial charge in [0.1, 0.15) is 6.17 Å². The zero-order chi connectivity index (χ0) is 12.5. The van der Waals surface area contributed by atoms with Gasteiger partial charge < -0.3 is 10.0 Å². The molecule has 16 heavy (non-hydrogen) atoms. The van der Waals surface area contributed by atoms with E-state index < -0.39 is 43.2 Å². The summed E-state index contributed by atoms with van der Waals surface area (Å²) in [7, 11) is 0. The lowest BCUT2D eigenvalue weighted by Gasteiger charge is -2.32. The van der Waals surface area contributed by atoms with Gasteiger partial charge in [0.15, 0.2) is 0 Å². The van der Waals surface area contributed by atoms with Crippen LogP contribution in [-0.4, -0.2) is 47.3 Å². The number of nitrogens with zero attached hydrogens (tertiary/aromatic N) is 1. The van der Waals surface area contributed by atoms with Crippen LogP contribution in [0.5, 0.6) is 0 Å². The van der Waals surface area contributed by atoms with E-state index in [4.69, 9.17) is 5.11 Å². The van der Waals surface area contributed by atoms with Gasteiger partial charge in [0.05, 0.1) is 12.5 Å². The molecule has 0 unspecified atom stereocenters. The Labute approximate surface area is 87.8 Å². The summed E-state index contributed by atoms with van der Waals surface area (Å²) in [5, 5.41) is 8.53. The molecule has 1 N–H and O–H groups in total. The molecule has 2 atom stereocenters. The topological polar surface area (TPSA) is 57.6 Å². The first kappa shape index (κ1) is 12.7. The summed E-state index contributed by atoms with van der Waals surface area (Å²) in [4.78, 5) is 21.5. The first-order chi connectivity index (χ1) is 7.23. The van der Waals surface area contributed by atoms with Crippen LogP contribution in [0, 0.1) is 5.92 Å². The molecule has 8 heteroatoms. The van der Waals surface area contributed by atoms with Crippen LogP contribution in [-0.2, 0) is 9.59 Å². The SMILES string of the molecule is O=C(O)[C@@H]1CCN(C(=O)C(F)(F)F)C[C@@H]1F. The normalized spacial score (nSPS) is 26.6. The predicted octanol–water partition coefficient (Wildman–Crippen LogP) is 0.820. The van der Waals surface area contributed by atoms with Gasteiger partial charge >= 0.3 is 18.1 Å². The molecule has 4 nitrogen and oxygen atoms in total. The number of piperidine rings is 1. The molecule has 1 fully saturated rings. The van der Waals surface area contributed by atoms with Gasteiger partial charge in [-0.1, -0.05) is 0 Å². The average molecular weight is 243 g/mol. The molecule has 0 radical (unpaired) electrons. The van der Waals surface area contributed by atoms with Gasteiger partial charge in [-0.15, -0.1) is 0 Å². The fourth-order valence-electron chi connectivity index (χ4n) is 1.55. The number of rotatable bonds is 1. The predicted molar refractivity (Wildman–Crippen MR) is 43.3 cm³/mol. The molecule has 1 aliphatic rings. The van der Waals surface area contributed by atoms with E-state index in [1.165, 1.54) is 0 Å². The summed E-state index contributed by atoms with van der Waals surface area (Å²) in [6.45, 7) is -1.22. The number of halogens is 4. The third kappa shape index (κ3) is 2.61. The lowest BCUT2D eigenvalue weighted by Crippen LogP contribution is -2.51. The molecular formula is C8H9F4NO3. The number of hydrogen-bond acceptors (Lipinski definition) is 2. The Bertz CT molecular complexity index is 304. The third-order valence-electron chi connectivity index (χ3n) is 2.39. The minimum Gasteiger partial charge on any atom is -0.481 e. The molecule has 1 rings (SSSR count). The van der Waals surface area contributed by atoms with Crippen molar-refractivity contribution in [1.82, 2.24) is 4.90 Å². The van der Waals surface area contributed by atoms with Crippen molar-refractivity contribution in [3.8, 4) is 0 Å². The molecule has 0 bridgehead atoms. The summed E-state index contributed by atoms with van der Waals surface area (Å²) < 4.78 is 49.1. The quantitative estimate of drug-likeness (QED) is 0.693. The molecular weight excluding hydrogens is 234 g/mol. The van der Waals surface area contributed by atoms with Crippen molar-refractivity contribution in [1.29, 1.82) is 0 Å². The van der Waals surface area contributed by atoms with Gasteiger partial charge in [0, 0.05) is 6.54 Å². The van der Waals surface area contributed by atoms with E-state index in [1.807, 2.05) is 0 Å². The second-order valence-electron chi connectivity index (χ2n) is 3.50. The summed E-state index contributed by atoms with van der Waals surface area (Å²) in [5.41, 5.74) is 0. The van der Waals surface area contributed by atoms with Crippen molar-refractivity contribution in [3.05, 3.63) is 0 Å². The molecule has 0 aromatic rings. The second kappa shape index (κ2) is 4.26. The lowest BCUT2D eigenvalue weighted by molar-refractivity contribution is -0.188. The largest absolute Gasteiger partial charge is 0.481 e. The molecule has 0 saturated carbocycles. The van der Waals surface area contributed by atoms with Crippen molar-refractivity contribution in [2.75, 3.05) is 13.1 Å². The van der Waals surface area contributed by atoms with Crippen molar-refractivity contribution >= 4 is 11.9 Å². The van der Waals surface area contributed by atoms with E-state index in [1.54, 1.807) is 0 Å². The van der Waals surface area contributed by atoms with E-state index in [0.29, 0.717) is 4.90 Å². The monoisotopic (exact) mass is 243 g/mol. The zero-order valence-electron chi connectivity index (χ0n) is 8.00. The van der Waals surface area contributed by atoms with Crippen molar-refractivity contribution < 1.29 is 32.3 Å². The molecule has 1 aliphatic heterocycles. The maximum absolute atomic E-state index is 13.2. The zero-order valence-corrected chi connectivity index (χ0v) is 8.00. The summed E-state index contributed by atoms with van der Waals surface area (Å²) >= 11 is 0. The highest BCUT2D eigenvalue weighted by molar-refractivity contribution is 5.82. The van der Waals surface area contributed by atoms with Gasteiger partial charge in [-0.25, -0.2) is 4.39 Å². The number of carbonyl (C=O) groups excluding carboxylic acids is 1. The number of carboxylic acids is 1. The van der Waals surface area contributed by atoms with Crippen LogP contribution in [0.3, 0.4) is 0 Å². The summed E-state index contributed by atoms with van der Waals surface area (Å²) in [5.74, 6) is -4.86. The average Bonchev–Trinajstić information content (AvgIpc) is 2.14. The van der Waals surface area contributed by atoms with Crippen LogP contribution in [0.2, 0.25) is 0 Å². The van der Waals surface area contributed by atoms with Crippen LogP contribution in [0.4, 0.5) is 17.6 Å². The van der Waals surface area contributed by atoms with Crippen LogP contribution in [0.25, 0.3) is 0 Å². The van der Waals surface area contributed by atoms with E-state index in [0.717, 1.165) is 0 Å². The molecule has 0 aliphatic carbocycles. The van der Waals surface area contributed by atoms with Gasteiger partial charge in [-0.2, -0.15) is 13.2 Å². The molecule has 1 heterocycles. The standard InChI is InChI=1S/C8H9F4NO3/c9-5-3-13(7(16)8(10,11)12)2-1-4(5)6(14)15/h4-5H,1-3H2,(H,14,15)/t4-,5+/m1/s1. The third-order valence-corrected chi connectivity index (χ3v) is 2.39. The van der Waals surface area contributed by atoms with Gasteiger partial charge in [0.2, 0.25) is 0 Å². The lowest BCUT2D eigenvalue weighted by atomic mass is 9.95. The Morgan fingerprint density at radius 3 is 2.25 bits per heavy atom. The fraction of sp³-hybridized carbons (Fsp3) is 0.750. The van der Waals surface area contributed by atoms with Crippen LogP contribution in [0.1, 0.15) is 6.42 Å². The molecule has 0 aromatic carbocycles. The molecule has 1 amide bonds. The minimum absolute atomic E-state index is 0.296. The van der Waals surface area contributed by atoms with E-state index in [9.17, 15) is 27.2 Å². The summed E-state index contributed by atoms with van der Waals surface area (Å²) in [6.07, 6.45) is -7.31. The first-order valence-corrected chi connectivity index (χ1v) is 4.46. The highest BCUT2D eigenvalue weighted by Crippen LogP contribution is 2.25. The Kier molecular flexibility index (Phi) is 3.39. The number of hydrogen-bond donors (Lipinski definition) is 1. The number of likely N-dealkylation sites (tertiary alicyclic amines) is 1. The first-order valence-electron chi connectivity index (χ1n) is 4.46. The highest BCUT2D eigenvalue weighted by Gasteiger charge is 2.46. The fourth-order valence-corrected chi connectivity index (χ4v) is 1.55. The van der Waals surface area contributed by atoms with Crippen molar-refractivity contribution in [3.63, 3.8) is 0 Å². The molecule has 92 valence electrons. The minimum atomic E-state index is -5.05. The second-order valence-corrected chi connectivity index (χ2v) is 3.50. The summed E-state index contributed by atoms with van der Waals surface area (Å²) in [6, 6.07) is 0. The van der Waals surface area contributed by atoms with Crippen LogP contribution < -0.4 is 0 Å². The van der Waals surface area contributed by atoms with Gasteiger partial charge in [0.25, 0.3) is 0 Å².